The van der Waals surface area contributed by atoms with Crippen LogP contribution in [0.1, 0.15) is 78.1 Å². The summed E-state index contributed by atoms with van der Waals surface area (Å²) < 4.78 is 518. The molecule has 0 N–H and O–H groups in total. The predicted molar refractivity (Wildman–Crippen MR) is 647 cm³/mol. The summed E-state index contributed by atoms with van der Waals surface area (Å²) in [6.07, 6.45) is 0. The van der Waals surface area contributed by atoms with Crippen molar-refractivity contribution in [3.63, 3.8) is 0 Å². The molecule has 33 aromatic rings. The molecule has 0 spiro atoms. The lowest BCUT2D eigenvalue weighted by molar-refractivity contribution is 1.57. The van der Waals surface area contributed by atoms with Gasteiger partial charge in [0.25, 0.3) is 0 Å². The molecule has 0 amide bonds. The number of hydrogen-bond acceptors (Lipinski definition) is 0. The minimum absolute atomic E-state index is 0.0128. The first-order chi connectivity index (χ1) is 98.2. The van der Waals surface area contributed by atoms with Crippen LogP contribution in [0.5, 0.6) is 0 Å². The number of hydrogen-bond donors (Lipinski definition) is 0. The molecule has 0 aliphatic carbocycles. The van der Waals surface area contributed by atoms with Gasteiger partial charge in [-0.2, -0.15) is 0 Å². The third-order valence-electron chi connectivity index (χ3n) is 28.4. The average Bonchev–Trinajstić information content (AvgIpc) is 0.681. The van der Waals surface area contributed by atoms with E-state index in [0.29, 0.717) is 22.3 Å². The molecule has 33 aromatic carbocycles. The van der Waals surface area contributed by atoms with Crippen LogP contribution in [0.3, 0.4) is 0 Å². The molecule has 0 atom stereocenters. The van der Waals surface area contributed by atoms with E-state index in [4.69, 9.17) is 43.9 Å². The van der Waals surface area contributed by atoms with Crippen molar-refractivity contribution in [1.29, 1.82) is 0 Å². The molecule has 0 aliphatic heterocycles. The Bertz CT molecular complexity index is 14900. The largest absolute Gasteiger partial charge is 0.0636 e. The van der Waals surface area contributed by atoms with Crippen LogP contribution < -0.4 is 0 Å². The molecule has 0 aromatic heterocycles. The van der Waals surface area contributed by atoms with Crippen LogP contribution in [0.2, 0.25) is 0 Å². The van der Waals surface area contributed by atoms with E-state index >= 15 is 0 Å². The molecule has 0 aliphatic rings. The molecule has 150 heavy (non-hydrogen) atoms. The second-order valence-electron chi connectivity index (χ2n) is 36.4. The van der Waals surface area contributed by atoms with E-state index in [1.807, 2.05) is 60.7 Å². The van der Waals surface area contributed by atoms with Gasteiger partial charge in [-0.1, -0.05) is 514 Å². The van der Waals surface area contributed by atoms with Crippen molar-refractivity contribution in [2.45, 2.75) is 0 Å². The molecule has 690 valence electrons. The van der Waals surface area contributed by atoms with Crippen LogP contribution in [0.15, 0.2) is 545 Å². The monoisotopic (exact) mass is 1950 g/mol. The molecule has 0 radical (unpaired) electrons. The van der Waals surface area contributed by atoms with E-state index in [-0.39, 0.29) is 121 Å². The van der Waals surface area contributed by atoms with E-state index in [1.54, 1.807) is 24.3 Å². The Labute approximate surface area is 946 Å². The molecule has 0 heterocycles. The fourth-order valence-electron chi connectivity index (χ4n) is 21.6. The van der Waals surface area contributed by atoms with Crippen molar-refractivity contribution in [1.82, 2.24) is 0 Å². The standard InChI is InChI=1S/3C50H30/c2*1-2-7-31(8-3-1)38-13-6-14-39(29-38)42-25-23-40(41-24-19-36-17-15-32-9-4-11-34-21-27-44(41)49(36)47(32)34)30-46(42)43-26-20-37-18-16-33-10-5-12-35-22-28-45(43)50(37)48(33)35;1-2-6-31(7-3-1)32-12-14-33(15-13-32)41-26-24-40(42-25-20-38-18-16-34-8-4-10-36-22-28-44(42)49(38)47(34)36)30-46(41)43-27-21-39-19-17-35-9-5-11-37-23-29-45(43)50(39)48(35)37/h3*1-30H/i1D,2D,3D,4D,5D,6D,7D,8D,9D,10D,11D,12D,13D,14D,15D,16D,17D,18D,19D,20D,21D,22D,23D,24D,25D,26D,27D,28D,29D,30D;4D,5D,9D,10D,11D,12D,15D,16D,17D,18D,19D,20D,21D,22D,24D,26D,27D,28D;1D,2D,3D,6D,7D,12D,13D,14D,15D. The lowest BCUT2D eigenvalue weighted by Gasteiger charge is -2.19. The van der Waals surface area contributed by atoms with Gasteiger partial charge in [0.15, 0.2) is 0 Å². The van der Waals surface area contributed by atoms with Gasteiger partial charge in [-0.05, 0) is 358 Å². The Kier molecular flexibility index (Phi) is 10.5. The van der Waals surface area contributed by atoms with Gasteiger partial charge in [-0.25, -0.2) is 0 Å². The smallest absolute Gasteiger partial charge is 0.0622 e. The molecule has 33 rings (SSSR count). The maximum atomic E-state index is 10.4. The fraction of sp³-hybridized carbons (Fsp3) is 0. The van der Waals surface area contributed by atoms with Crippen LogP contribution in [0.25, 0.3) is 327 Å². The SMILES string of the molecule is [2H]c1c([2H])c([2H])c(-c2c([2H])c([2H])c(-c3ccc(-c4ccc5ccc6cccc7ccc4c5c67)cc3-c3ccc4ccc5cccc6ccc3c4c56)c([2H])c2[2H])c([2H])c1[2H].[2H]c1c([2H])c([2H])c(-c2c([2H])c([2H])c([2H])c(-c3c([2H])c([2H])c(-c4c([2H])c([2H])c5c([2H])c([2H])c6c([2H])c([2H])c([2H])c7c([2H])c([2H])c4c5c67)c([2H])c3-c3c([2H])c([2H])c4c([2H])c([2H])c5c([2H])c([2H])c([2H])c6c([2H])c([2H])c3c4c56)c2[2H])c([2H])c1[2H].[2H]c1c([2H])c2c([2H])c([2H])c3c([2H])c([2H])c(-c4ccc(-c5cccc(-c6ccccc6)c5)c(-c5c([2H])c([2H])c6c([2H])c([2H])c7c([2H])c([2H])c([2H])c8c([2H])c([2H])c5c6c78)c4)c4c([2H])c([2H])c(c1[2H])c2c34. The van der Waals surface area contributed by atoms with Gasteiger partial charge in [0.05, 0.1) is 78.1 Å². The molecule has 0 unspecified atom stereocenters. The highest BCUT2D eigenvalue weighted by molar-refractivity contribution is 6.33. The summed E-state index contributed by atoms with van der Waals surface area (Å²) in [5, 5.41) is 5.82. The third kappa shape index (κ3) is 13.6. The first-order valence-corrected chi connectivity index (χ1v) is 47.7. The van der Waals surface area contributed by atoms with Crippen molar-refractivity contribution in [3.8, 4) is 134 Å². The minimum atomic E-state index is -1.22. The van der Waals surface area contributed by atoms with Crippen LogP contribution in [0.4, 0.5) is 0 Å². The van der Waals surface area contributed by atoms with Crippen molar-refractivity contribution in [2.75, 3.05) is 0 Å². The molecule has 0 saturated heterocycles. The highest BCUT2D eigenvalue weighted by Crippen LogP contribution is 2.53. The van der Waals surface area contributed by atoms with E-state index in [1.165, 1.54) is 10.8 Å². The van der Waals surface area contributed by atoms with E-state index in [2.05, 4.69) is 115 Å². The third-order valence-corrected chi connectivity index (χ3v) is 28.4. The van der Waals surface area contributed by atoms with Crippen LogP contribution >= 0.6 is 0 Å². The summed E-state index contributed by atoms with van der Waals surface area (Å²) in [5.41, 5.74) is -1.23. The summed E-state index contributed by atoms with van der Waals surface area (Å²) in [6.45, 7) is 0. The summed E-state index contributed by atoms with van der Waals surface area (Å²) in [5.74, 6) is 0. The number of rotatable bonds is 12. The first-order valence-electron chi connectivity index (χ1n) is 76.2. The van der Waals surface area contributed by atoms with Crippen molar-refractivity contribution in [2.24, 2.45) is 0 Å². The predicted octanol–water partition coefficient (Wildman–Crippen LogP) is 42.4. The van der Waals surface area contributed by atoms with Gasteiger partial charge in [0.1, 0.15) is 0 Å². The highest BCUT2D eigenvalue weighted by atomic mass is 14.3. The van der Waals surface area contributed by atoms with Gasteiger partial charge >= 0.3 is 0 Å². The zero-order valence-corrected chi connectivity index (χ0v) is 77.6. The summed E-state index contributed by atoms with van der Waals surface area (Å²) in [7, 11) is 0. The van der Waals surface area contributed by atoms with Crippen molar-refractivity contribution in [3.05, 3.63) is 545 Å². The Morgan fingerprint density at radius 1 is 0.100 bits per heavy atom. The second-order valence-corrected chi connectivity index (χ2v) is 36.4. The Hall–Kier alpha value is -19.5. The zero-order chi connectivity index (χ0) is 148. The molecule has 0 fully saturated rings. The molecule has 0 saturated carbocycles. The summed E-state index contributed by atoms with van der Waals surface area (Å²) >= 11 is 0. The van der Waals surface area contributed by atoms with Crippen molar-refractivity contribution < 1.29 is 78.1 Å². The van der Waals surface area contributed by atoms with E-state index < -0.39 is 436 Å². The van der Waals surface area contributed by atoms with Gasteiger partial charge in [0, 0.05) is 0 Å². The van der Waals surface area contributed by atoms with Crippen LogP contribution in [0, 0.1) is 0 Å². The summed E-state index contributed by atoms with van der Waals surface area (Å²) in [4.78, 5) is 0. The van der Waals surface area contributed by atoms with Gasteiger partial charge < -0.3 is 0 Å². The summed E-state index contributed by atoms with van der Waals surface area (Å²) in [6, 6.07) is 23.1. The van der Waals surface area contributed by atoms with Gasteiger partial charge in [-0.15, -0.1) is 0 Å². The van der Waals surface area contributed by atoms with Crippen molar-refractivity contribution >= 4 is 194 Å². The Balaban J connectivity index is 0.000000129. The number of benzene rings is 33. The van der Waals surface area contributed by atoms with Gasteiger partial charge in [0.2, 0.25) is 0 Å². The minimum Gasteiger partial charge on any atom is -0.0622 e. The van der Waals surface area contributed by atoms with E-state index in [9.17, 15) is 34.3 Å². The topological polar surface area (TPSA) is 0 Å². The highest BCUT2D eigenvalue weighted by Gasteiger charge is 2.26. The molecular weight excluding hydrogens is 1800 g/mol. The fourth-order valence-corrected chi connectivity index (χ4v) is 21.6. The Morgan fingerprint density at radius 3 is 0.880 bits per heavy atom. The molecule has 0 bridgehead atoms. The molecular formula is C150H90. The van der Waals surface area contributed by atoms with Crippen LogP contribution in [-0.2, 0) is 0 Å². The maximum Gasteiger partial charge on any atom is 0.0636 e. The Morgan fingerprint density at radius 2 is 0.387 bits per heavy atom. The second kappa shape index (κ2) is 34.1. The zero-order valence-electron chi connectivity index (χ0n) is 135. The lowest BCUT2D eigenvalue weighted by Crippen LogP contribution is -1.92. The molecule has 0 heteroatoms. The normalized spacial score (nSPS) is 17.3. The van der Waals surface area contributed by atoms with Crippen LogP contribution in [-0.4, -0.2) is 0 Å². The lowest BCUT2D eigenvalue weighted by atomic mass is 9.84. The maximum absolute atomic E-state index is 10.4. The quantitative estimate of drug-likeness (QED) is 0.107. The van der Waals surface area contributed by atoms with Gasteiger partial charge in [-0.3, -0.25) is 0 Å². The average molecular weight is 1950 g/mol. The first kappa shape index (κ1) is 46.3. The van der Waals surface area contributed by atoms with E-state index in [0.717, 1.165) is 81.7 Å². The molecule has 0 nitrogen and oxygen atoms in total.